The molecule has 0 rings (SSSR count). The maximum atomic E-state index is 12.3. The predicted octanol–water partition coefficient (Wildman–Crippen LogP) is 2.33. The third-order valence-corrected chi connectivity index (χ3v) is 3.56. The summed E-state index contributed by atoms with van der Waals surface area (Å²) in [7, 11) is 0. The zero-order chi connectivity index (χ0) is 16.6. The van der Waals surface area contributed by atoms with Crippen molar-refractivity contribution < 1.29 is 24.2 Å². The molecule has 0 bridgehead atoms. The Hall–Kier alpha value is -1.36. The molecule has 0 amide bonds. The standard InChI is InChI=1S/C16H28O5/c1-7-14(18)20-9-13(17)10-21-15(19)16(6,12(4)5)8-11(2)3/h7,11-13,17H,1,8-10H2,2-6H3. The van der Waals surface area contributed by atoms with Crippen LogP contribution in [0.2, 0.25) is 0 Å². The van der Waals surface area contributed by atoms with Crippen molar-refractivity contribution in [2.24, 2.45) is 17.3 Å². The fraction of sp³-hybridized carbons (Fsp3) is 0.750. The van der Waals surface area contributed by atoms with Crippen LogP contribution in [0, 0.1) is 17.3 Å². The van der Waals surface area contributed by atoms with Gasteiger partial charge in [-0.25, -0.2) is 4.79 Å². The number of esters is 2. The summed E-state index contributed by atoms with van der Waals surface area (Å²) in [6, 6.07) is 0. The summed E-state index contributed by atoms with van der Waals surface area (Å²) in [5.74, 6) is -0.459. The van der Waals surface area contributed by atoms with E-state index in [9.17, 15) is 14.7 Å². The molecule has 0 aliphatic carbocycles. The van der Waals surface area contributed by atoms with E-state index in [1.807, 2.05) is 20.8 Å². The maximum Gasteiger partial charge on any atom is 0.330 e. The van der Waals surface area contributed by atoms with Crippen LogP contribution in [0.3, 0.4) is 0 Å². The van der Waals surface area contributed by atoms with Crippen LogP contribution in [0.25, 0.3) is 0 Å². The Morgan fingerprint density at radius 3 is 2.14 bits per heavy atom. The molecular formula is C16H28O5. The molecule has 5 heteroatoms. The van der Waals surface area contributed by atoms with E-state index in [4.69, 9.17) is 4.74 Å². The van der Waals surface area contributed by atoms with Crippen LogP contribution >= 0.6 is 0 Å². The van der Waals surface area contributed by atoms with E-state index >= 15 is 0 Å². The van der Waals surface area contributed by atoms with Gasteiger partial charge in [-0.05, 0) is 25.2 Å². The zero-order valence-electron chi connectivity index (χ0n) is 13.7. The molecule has 0 aliphatic rings. The SMILES string of the molecule is C=CC(=O)OCC(O)COC(=O)C(C)(CC(C)C)C(C)C. The second kappa shape index (κ2) is 8.82. The minimum absolute atomic E-state index is 0.128. The van der Waals surface area contributed by atoms with Gasteiger partial charge in [0.05, 0.1) is 5.41 Å². The molecule has 0 fully saturated rings. The average Bonchev–Trinajstić information content (AvgIpc) is 2.40. The van der Waals surface area contributed by atoms with Gasteiger partial charge in [-0.1, -0.05) is 34.3 Å². The zero-order valence-corrected chi connectivity index (χ0v) is 13.7. The lowest BCUT2D eigenvalue weighted by Crippen LogP contribution is -2.38. The van der Waals surface area contributed by atoms with Crippen LogP contribution in [0.15, 0.2) is 12.7 Å². The van der Waals surface area contributed by atoms with Gasteiger partial charge in [0.1, 0.15) is 19.3 Å². The highest BCUT2D eigenvalue weighted by molar-refractivity contribution is 5.81. The van der Waals surface area contributed by atoms with Gasteiger partial charge in [0.15, 0.2) is 0 Å². The maximum absolute atomic E-state index is 12.3. The van der Waals surface area contributed by atoms with E-state index in [1.165, 1.54) is 0 Å². The van der Waals surface area contributed by atoms with Crippen LogP contribution in [-0.2, 0) is 19.1 Å². The second-order valence-electron chi connectivity index (χ2n) is 6.26. The summed E-state index contributed by atoms with van der Waals surface area (Å²) in [4.78, 5) is 23.1. The number of carbonyl (C=O) groups excluding carboxylic acids is 2. The molecule has 0 aromatic heterocycles. The van der Waals surface area contributed by atoms with E-state index < -0.39 is 17.5 Å². The van der Waals surface area contributed by atoms with Crippen LogP contribution < -0.4 is 0 Å². The summed E-state index contributed by atoms with van der Waals surface area (Å²) in [6.45, 7) is 12.8. The molecule has 0 heterocycles. The van der Waals surface area contributed by atoms with Crippen molar-refractivity contribution in [2.45, 2.75) is 47.1 Å². The van der Waals surface area contributed by atoms with Crippen molar-refractivity contribution in [3.63, 3.8) is 0 Å². The Balaban J connectivity index is 4.44. The summed E-state index contributed by atoms with van der Waals surface area (Å²) in [5.41, 5.74) is -0.592. The third kappa shape index (κ3) is 6.76. The number of rotatable bonds is 9. The Kier molecular flexibility index (Phi) is 8.25. The van der Waals surface area contributed by atoms with Gasteiger partial charge in [-0.3, -0.25) is 4.79 Å². The largest absolute Gasteiger partial charge is 0.462 e. The molecule has 0 radical (unpaired) electrons. The summed E-state index contributed by atoms with van der Waals surface area (Å²) in [5, 5.41) is 9.64. The van der Waals surface area contributed by atoms with E-state index in [2.05, 4.69) is 25.2 Å². The molecule has 2 atom stereocenters. The van der Waals surface area contributed by atoms with Crippen molar-refractivity contribution in [3.05, 3.63) is 12.7 Å². The summed E-state index contributed by atoms with van der Waals surface area (Å²) < 4.78 is 9.88. The Bertz CT molecular complexity index is 362. The van der Waals surface area contributed by atoms with Crippen LogP contribution in [0.4, 0.5) is 0 Å². The molecule has 0 saturated carbocycles. The molecule has 0 aromatic carbocycles. The Morgan fingerprint density at radius 1 is 1.19 bits per heavy atom. The summed E-state index contributed by atoms with van der Waals surface area (Å²) >= 11 is 0. The minimum Gasteiger partial charge on any atom is -0.462 e. The van der Waals surface area contributed by atoms with Crippen LogP contribution in [0.5, 0.6) is 0 Å². The van der Waals surface area contributed by atoms with Crippen molar-refractivity contribution in [3.8, 4) is 0 Å². The molecule has 5 nitrogen and oxygen atoms in total. The van der Waals surface area contributed by atoms with E-state index in [-0.39, 0.29) is 25.1 Å². The lowest BCUT2D eigenvalue weighted by Gasteiger charge is -2.33. The first-order valence-electron chi connectivity index (χ1n) is 7.28. The fourth-order valence-electron chi connectivity index (χ4n) is 2.02. The second-order valence-corrected chi connectivity index (χ2v) is 6.26. The van der Waals surface area contributed by atoms with Crippen molar-refractivity contribution in [2.75, 3.05) is 13.2 Å². The number of hydrogen-bond donors (Lipinski definition) is 1. The molecule has 0 aliphatic heterocycles. The number of aliphatic hydroxyl groups excluding tert-OH is 1. The molecule has 0 aromatic rings. The Morgan fingerprint density at radius 2 is 1.71 bits per heavy atom. The Labute approximate surface area is 127 Å². The number of carbonyl (C=O) groups is 2. The van der Waals surface area contributed by atoms with Gasteiger partial charge < -0.3 is 14.6 Å². The van der Waals surface area contributed by atoms with E-state index in [1.54, 1.807) is 0 Å². The first-order chi connectivity index (χ1) is 9.63. The van der Waals surface area contributed by atoms with Crippen LogP contribution in [-0.4, -0.2) is 36.4 Å². The normalized spacial score (nSPS) is 15.4. The average molecular weight is 300 g/mol. The fourth-order valence-corrected chi connectivity index (χ4v) is 2.02. The highest BCUT2D eigenvalue weighted by Crippen LogP contribution is 2.35. The van der Waals surface area contributed by atoms with Gasteiger partial charge >= 0.3 is 11.9 Å². The predicted molar refractivity (Wildman–Crippen MR) is 80.5 cm³/mol. The number of hydrogen-bond acceptors (Lipinski definition) is 5. The highest BCUT2D eigenvalue weighted by Gasteiger charge is 2.38. The van der Waals surface area contributed by atoms with E-state index in [0.29, 0.717) is 12.3 Å². The number of ether oxygens (including phenoxy) is 2. The van der Waals surface area contributed by atoms with Gasteiger partial charge in [-0.2, -0.15) is 0 Å². The number of aliphatic hydroxyl groups is 1. The van der Waals surface area contributed by atoms with Crippen molar-refractivity contribution in [1.82, 2.24) is 0 Å². The third-order valence-electron chi connectivity index (χ3n) is 3.56. The van der Waals surface area contributed by atoms with Gasteiger partial charge in [0, 0.05) is 6.08 Å². The van der Waals surface area contributed by atoms with Gasteiger partial charge in [-0.15, -0.1) is 0 Å². The monoisotopic (exact) mass is 300 g/mol. The minimum atomic E-state index is -1.03. The molecule has 2 unspecified atom stereocenters. The molecule has 21 heavy (non-hydrogen) atoms. The van der Waals surface area contributed by atoms with Crippen molar-refractivity contribution in [1.29, 1.82) is 0 Å². The van der Waals surface area contributed by atoms with E-state index in [0.717, 1.165) is 6.08 Å². The molecule has 1 N–H and O–H groups in total. The first-order valence-corrected chi connectivity index (χ1v) is 7.28. The van der Waals surface area contributed by atoms with Gasteiger partial charge in [0.2, 0.25) is 0 Å². The molecule has 122 valence electrons. The lowest BCUT2D eigenvalue weighted by atomic mass is 9.73. The highest BCUT2D eigenvalue weighted by atomic mass is 16.6. The quantitative estimate of drug-likeness (QED) is 0.522. The molecule has 0 spiro atoms. The molecule has 0 saturated heterocycles. The molecular weight excluding hydrogens is 272 g/mol. The smallest absolute Gasteiger partial charge is 0.330 e. The summed E-state index contributed by atoms with van der Waals surface area (Å²) in [6.07, 6.45) is 0.690. The van der Waals surface area contributed by atoms with Crippen LogP contribution in [0.1, 0.15) is 41.0 Å². The van der Waals surface area contributed by atoms with Crippen molar-refractivity contribution >= 4 is 11.9 Å². The topological polar surface area (TPSA) is 72.8 Å². The lowest BCUT2D eigenvalue weighted by molar-refractivity contribution is -0.163. The van der Waals surface area contributed by atoms with Gasteiger partial charge in [0.25, 0.3) is 0 Å². The first kappa shape index (κ1) is 19.6.